The number of fused-ring (bicyclic) bond motifs is 2. The molecule has 3 aromatic rings. The molecule has 6 nitrogen and oxygen atoms in total. The standard InChI is InChI=1S/C16H14N4O2/c1-22-15(21)11-5-2-4-10-8-20(9-12(10)11)16-18-13-6-3-7-17-14(13)19-16/h2-7H,8-9H2,1H3,(H,17,18,19). The van der Waals surface area contributed by atoms with E-state index in [9.17, 15) is 4.79 Å². The molecule has 110 valence electrons. The minimum absolute atomic E-state index is 0.301. The number of carbonyl (C=O) groups excluding carboxylic acids is 1. The average Bonchev–Trinajstić information content (AvgIpc) is 3.16. The smallest absolute Gasteiger partial charge is 0.338 e. The van der Waals surface area contributed by atoms with Gasteiger partial charge in [-0.2, -0.15) is 0 Å². The fourth-order valence-corrected chi connectivity index (χ4v) is 2.85. The van der Waals surface area contributed by atoms with Gasteiger partial charge in [0.2, 0.25) is 5.95 Å². The van der Waals surface area contributed by atoms with E-state index in [0.717, 1.165) is 28.2 Å². The van der Waals surface area contributed by atoms with Crippen LogP contribution in [0.1, 0.15) is 21.5 Å². The lowest BCUT2D eigenvalue weighted by atomic mass is 10.0. The van der Waals surface area contributed by atoms with Crippen molar-refractivity contribution in [2.45, 2.75) is 13.1 Å². The molecule has 6 heteroatoms. The fraction of sp³-hybridized carbons (Fsp3) is 0.188. The molecule has 2 aromatic heterocycles. The number of esters is 1. The second-order valence-electron chi connectivity index (χ2n) is 5.22. The van der Waals surface area contributed by atoms with Crippen LogP contribution in [0.2, 0.25) is 0 Å². The number of hydrogen-bond acceptors (Lipinski definition) is 5. The van der Waals surface area contributed by atoms with Gasteiger partial charge in [0.25, 0.3) is 0 Å². The van der Waals surface area contributed by atoms with Gasteiger partial charge in [-0.1, -0.05) is 12.1 Å². The number of ether oxygens (including phenoxy) is 1. The minimum atomic E-state index is -0.301. The Bertz CT molecular complexity index is 838. The van der Waals surface area contributed by atoms with Crippen LogP contribution in [0, 0.1) is 0 Å². The first-order valence-corrected chi connectivity index (χ1v) is 7.01. The van der Waals surface area contributed by atoms with Crippen molar-refractivity contribution in [3.05, 3.63) is 53.2 Å². The van der Waals surface area contributed by atoms with Crippen molar-refractivity contribution in [2.24, 2.45) is 0 Å². The third kappa shape index (κ3) is 1.92. The van der Waals surface area contributed by atoms with Crippen molar-refractivity contribution >= 4 is 23.1 Å². The van der Waals surface area contributed by atoms with Gasteiger partial charge < -0.3 is 14.6 Å². The normalized spacial score (nSPS) is 13.4. The second-order valence-corrected chi connectivity index (χ2v) is 5.22. The lowest BCUT2D eigenvalue weighted by molar-refractivity contribution is 0.0599. The van der Waals surface area contributed by atoms with E-state index in [1.54, 1.807) is 12.3 Å². The first-order chi connectivity index (χ1) is 10.8. The summed E-state index contributed by atoms with van der Waals surface area (Å²) in [6.07, 6.45) is 1.73. The van der Waals surface area contributed by atoms with Crippen molar-refractivity contribution in [1.82, 2.24) is 15.0 Å². The number of nitrogens with one attached hydrogen (secondary N) is 1. The van der Waals surface area contributed by atoms with Crippen LogP contribution in [0.25, 0.3) is 11.2 Å². The first kappa shape index (κ1) is 12.8. The number of carbonyl (C=O) groups is 1. The minimum Gasteiger partial charge on any atom is -0.465 e. The number of nitrogens with zero attached hydrogens (tertiary/aromatic N) is 3. The van der Waals surface area contributed by atoms with Crippen LogP contribution in [0.4, 0.5) is 5.95 Å². The fourth-order valence-electron chi connectivity index (χ4n) is 2.85. The highest BCUT2D eigenvalue weighted by atomic mass is 16.5. The molecule has 0 unspecified atom stereocenters. The molecule has 0 saturated heterocycles. The van der Waals surface area contributed by atoms with Crippen LogP contribution in [0.3, 0.4) is 0 Å². The van der Waals surface area contributed by atoms with E-state index in [1.807, 2.05) is 24.3 Å². The molecule has 0 aliphatic carbocycles. The van der Waals surface area contributed by atoms with Gasteiger partial charge in [0.1, 0.15) is 5.52 Å². The molecule has 0 bridgehead atoms. The lowest BCUT2D eigenvalue weighted by Gasteiger charge is -2.13. The topological polar surface area (TPSA) is 71.1 Å². The number of rotatable bonds is 2. The van der Waals surface area contributed by atoms with E-state index in [-0.39, 0.29) is 5.97 Å². The van der Waals surface area contributed by atoms with Gasteiger partial charge in [-0.3, -0.25) is 0 Å². The molecule has 3 heterocycles. The molecule has 1 aliphatic heterocycles. The molecule has 1 aliphatic rings. The van der Waals surface area contributed by atoms with E-state index in [1.165, 1.54) is 7.11 Å². The van der Waals surface area contributed by atoms with Crippen LogP contribution < -0.4 is 4.90 Å². The van der Waals surface area contributed by atoms with Crippen LogP contribution in [-0.2, 0) is 17.8 Å². The highest BCUT2D eigenvalue weighted by Gasteiger charge is 2.26. The average molecular weight is 294 g/mol. The van der Waals surface area contributed by atoms with Crippen LogP contribution >= 0.6 is 0 Å². The van der Waals surface area contributed by atoms with E-state index < -0.39 is 0 Å². The van der Waals surface area contributed by atoms with Gasteiger partial charge in [0, 0.05) is 19.3 Å². The zero-order chi connectivity index (χ0) is 15.1. The maximum absolute atomic E-state index is 11.9. The summed E-state index contributed by atoms with van der Waals surface area (Å²) in [5.74, 6) is 0.464. The van der Waals surface area contributed by atoms with Gasteiger partial charge in [-0.25, -0.2) is 14.8 Å². The summed E-state index contributed by atoms with van der Waals surface area (Å²) in [5, 5.41) is 0. The highest BCUT2D eigenvalue weighted by Crippen LogP contribution is 2.30. The van der Waals surface area contributed by atoms with Crippen molar-refractivity contribution in [2.75, 3.05) is 12.0 Å². The largest absolute Gasteiger partial charge is 0.465 e. The third-order valence-corrected chi connectivity index (χ3v) is 3.93. The predicted molar refractivity (Wildman–Crippen MR) is 81.6 cm³/mol. The Balaban J connectivity index is 1.71. The summed E-state index contributed by atoms with van der Waals surface area (Å²) in [6, 6.07) is 9.50. The number of methoxy groups -OCH3 is 1. The monoisotopic (exact) mass is 294 g/mol. The summed E-state index contributed by atoms with van der Waals surface area (Å²) >= 11 is 0. The molecule has 0 atom stereocenters. The number of anilines is 1. The third-order valence-electron chi connectivity index (χ3n) is 3.93. The molecule has 22 heavy (non-hydrogen) atoms. The number of H-pyrrole nitrogens is 1. The number of hydrogen-bond donors (Lipinski definition) is 1. The first-order valence-electron chi connectivity index (χ1n) is 7.01. The lowest BCUT2D eigenvalue weighted by Crippen LogP contribution is -2.16. The summed E-state index contributed by atoms with van der Waals surface area (Å²) in [6.45, 7) is 1.33. The Morgan fingerprint density at radius 2 is 2.18 bits per heavy atom. The molecule has 1 N–H and O–H groups in total. The molecule has 0 fully saturated rings. The number of aromatic amines is 1. The van der Waals surface area contributed by atoms with Gasteiger partial charge in [0.05, 0.1) is 12.7 Å². The Morgan fingerprint density at radius 1 is 1.27 bits per heavy atom. The van der Waals surface area contributed by atoms with Crippen LogP contribution in [0.15, 0.2) is 36.5 Å². The van der Waals surface area contributed by atoms with Gasteiger partial charge in [0.15, 0.2) is 5.65 Å². The molecule has 1 aromatic carbocycles. The molecular weight excluding hydrogens is 280 g/mol. The molecule has 4 rings (SSSR count). The van der Waals surface area contributed by atoms with Crippen molar-refractivity contribution in [1.29, 1.82) is 0 Å². The maximum atomic E-state index is 11.9. The quantitative estimate of drug-likeness (QED) is 0.734. The van der Waals surface area contributed by atoms with E-state index >= 15 is 0 Å². The molecular formula is C16H14N4O2. The number of aromatic nitrogens is 3. The zero-order valence-electron chi connectivity index (χ0n) is 12.0. The second kappa shape index (κ2) is 4.84. The van der Waals surface area contributed by atoms with E-state index in [2.05, 4.69) is 19.9 Å². The Labute approximate surface area is 126 Å². The summed E-state index contributed by atoms with van der Waals surface area (Å²) < 4.78 is 4.86. The Kier molecular flexibility index (Phi) is 2.82. The van der Waals surface area contributed by atoms with Crippen molar-refractivity contribution < 1.29 is 9.53 Å². The van der Waals surface area contributed by atoms with E-state index in [4.69, 9.17) is 4.74 Å². The number of benzene rings is 1. The molecule has 0 radical (unpaired) electrons. The SMILES string of the molecule is COC(=O)c1cccc2c1CN(c1nc3cccnc3[nH]1)C2. The summed E-state index contributed by atoms with van der Waals surface area (Å²) in [5.41, 5.74) is 4.35. The zero-order valence-corrected chi connectivity index (χ0v) is 12.0. The molecule has 0 amide bonds. The number of imidazole rings is 1. The predicted octanol–water partition coefficient (Wildman–Crippen LogP) is 2.26. The molecule has 0 saturated carbocycles. The summed E-state index contributed by atoms with van der Waals surface area (Å²) in [4.78, 5) is 26.0. The molecule has 0 spiro atoms. The van der Waals surface area contributed by atoms with Gasteiger partial charge in [-0.05, 0) is 29.3 Å². The van der Waals surface area contributed by atoms with Crippen molar-refractivity contribution in [3.63, 3.8) is 0 Å². The Hall–Kier alpha value is -2.89. The maximum Gasteiger partial charge on any atom is 0.338 e. The highest BCUT2D eigenvalue weighted by molar-refractivity contribution is 5.92. The van der Waals surface area contributed by atoms with Crippen molar-refractivity contribution in [3.8, 4) is 0 Å². The Morgan fingerprint density at radius 3 is 3.00 bits per heavy atom. The van der Waals surface area contributed by atoms with Gasteiger partial charge >= 0.3 is 5.97 Å². The van der Waals surface area contributed by atoms with Gasteiger partial charge in [-0.15, -0.1) is 0 Å². The summed E-state index contributed by atoms with van der Waals surface area (Å²) in [7, 11) is 1.40. The van der Waals surface area contributed by atoms with Crippen LogP contribution in [0.5, 0.6) is 0 Å². The van der Waals surface area contributed by atoms with E-state index in [0.29, 0.717) is 18.7 Å². The number of pyridine rings is 1. The van der Waals surface area contributed by atoms with Crippen LogP contribution in [-0.4, -0.2) is 28.0 Å².